The van der Waals surface area contributed by atoms with Gasteiger partial charge in [-0.15, -0.1) is 4.91 Å². The molecule has 2 nitrogen and oxygen atoms in total. The molecule has 0 unspecified atom stereocenters. The van der Waals surface area contributed by atoms with E-state index in [-0.39, 0.29) is 6.04 Å². The van der Waals surface area contributed by atoms with Gasteiger partial charge >= 0.3 is 0 Å². The van der Waals surface area contributed by atoms with Gasteiger partial charge in [0.2, 0.25) is 0 Å². The second kappa shape index (κ2) is 3.52. The minimum Gasteiger partial charge on any atom is -0.150 e. The molecule has 0 aliphatic heterocycles. The Morgan fingerprint density at radius 1 is 0.882 bits per heavy atom. The lowest BCUT2D eigenvalue weighted by Crippen LogP contribution is -1.92. The molecule has 2 aromatic carbocycles. The van der Waals surface area contributed by atoms with Crippen LogP contribution in [-0.4, -0.2) is 0 Å². The first kappa shape index (κ1) is 10.2. The first-order valence-corrected chi connectivity index (χ1v) is 5.74. The first-order valence-electron chi connectivity index (χ1n) is 5.74. The van der Waals surface area contributed by atoms with Gasteiger partial charge in [-0.1, -0.05) is 52.7 Å². The van der Waals surface area contributed by atoms with Gasteiger partial charge in [0.05, 0.1) is 0 Å². The summed E-state index contributed by atoms with van der Waals surface area (Å²) in [6, 6.07) is 12.1. The van der Waals surface area contributed by atoms with Crippen molar-refractivity contribution < 1.29 is 0 Å². The fourth-order valence-electron chi connectivity index (χ4n) is 2.59. The topological polar surface area (TPSA) is 29.4 Å². The molecule has 1 aliphatic carbocycles. The van der Waals surface area contributed by atoms with Crippen molar-refractivity contribution in [1.82, 2.24) is 0 Å². The molecule has 0 spiro atoms. The molecule has 0 bridgehead atoms. The van der Waals surface area contributed by atoms with Gasteiger partial charge in [0.25, 0.3) is 0 Å². The third-order valence-corrected chi connectivity index (χ3v) is 3.40. The Bertz CT molecular complexity index is 565. The van der Waals surface area contributed by atoms with Gasteiger partial charge in [0.1, 0.15) is 6.04 Å². The standard InChI is InChI=1S/C15H13NO/c1-9-3-5-11-12-6-4-10(2)8-14(12)15(16-17)13(11)7-9/h3-8,15H,1-2H3. The molecule has 1 aliphatic rings. The van der Waals surface area contributed by atoms with Crippen LogP contribution in [0.3, 0.4) is 0 Å². The largest absolute Gasteiger partial charge is 0.150 e. The van der Waals surface area contributed by atoms with Gasteiger partial charge in [0, 0.05) is 0 Å². The zero-order chi connectivity index (χ0) is 12.0. The summed E-state index contributed by atoms with van der Waals surface area (Å²) in [5, 5.41) is 3.30. The fourth-order valence-corrected chi connectivity index (χ4v) is 2.59. The lowest BCUT2D eigenvalue weighted by atomic mass is 10.0. The summed E-state index contributed by atoms with van der Waals surface area (Å²) in [5.74, 6) is 0. The van der Waals surface area contributed by atoms with Gasteiger partial charge in [-0.05, 0) is 36.1 Å². The molecule has 3 rings (SSSR count). The number of aryl methyl sites for hydroxylation is 2. The molecule has 0 radical (unpaired) electrons. The van der Waals surface area contributed by atoms with E-state index in [2.05, 4.69) is 41.6 Å². The minimum absolute atomic E-state index is 0.334. The Hall–Kier alpha value is -1.96. The lowest BCUT2D eigenvalue weighted by Gasteiger charge is -2.04. The maximum absolute atomic E-state index is 11.1. The van der Waals surface area contributed by atoms with E-state index in [0.717, 1.165) is 22.3 Å². The van der Waals surface area contributed by atoms with Crippen LogP contribution in [0.2, 0.25) is 0 Å². The molecular weight excluding hydrogens is 210 g/mol. The average molecular weight is 223 g/mol. The summed E-state index contributed by atoms with van der Waals surface area (Å²) in [6.07, 6.45) is 0. The van der Waals surface area contributed by atoms with E-state index in [0.29, 0.717) is 0 Å². The van der Waals surface area contributed by atoms with Crippen molar-refractivity contribution in [2.45, 2.75) is 19.9 Å². The van der Waals surface area contributed by atoms with Crippen LogP contribution in [0.5, 0.6) is 0 Å². The zero-order valence-corrected chi connectivity index (χ0v) is 9.90. The van der Waals surface area contributed by atoms with Crippen LogP contribution >= 0.6 is 0 Å². The molecule has 0 aromatic heterocycles. The Labute approximate surface area is 100 Å². The fraction of sp³-hybridized carbons (Fsp3) is 0.200. The van der Waals surface area contributed by atoms with Crippen LogP contribution < -0.4 is 0 Å². The summed E-state index contributed by atoms with van der Waals surface area (Å²) in [5.41, 5.74) is 6.72. The van der Waals surface area contributed by atoms with E-state index in [9.17, 15) is 4.91 Å². The van der Waals surface area contributed by atoms with Crippen molar-refractivity contribution in [1.29, 1.82) is 0 Å². The summed E-state index contributed by atoms with van der Waals surface area (Å²) < 4.78 is 0. The zero-order valence-electron chi connectivity index (χ0n) is 9.90. The molecule has 84 valence electrons. The third kappa shape index (κ3) is 1.41. The smallest absolute Gasteiger partial charge is 0.143 e. The number of benzene rings is 2. The monoisotopic (exact) mass is 223 g/mol. The van der Waals surface area contributed by atoms with Crippen LogP contribution in [0.25, 0.3) is 11.1 Å². The highest BCUT2D eigenvalue weighted by Crippen LogP contribution is 2.45. The van der Waals surface area contributed by atoms with Gasteiger partial charge in [0.15, 0.2) is 0 Å². The van der Waals surface area contributed by atoms with Gasteiger partial charge in [-0.3, -0.25) is 0 Å². The van der Waals surface area contributed by atoms with Gasteiger partial charge in [-0.25, -0.2) is 0 Å². The maximum Gasteiger partial charge on any atom is 0.143 e. The molecule has 0 atom stereocenters. The van der Waals surface area contributed by atoms with E-state index in [1.54, 1.807) is 0 Å². The molecule has 2 aromatic rings. The number of rotatable bonds is 1. The predicted molar refractivity (Wildman–Crippen MR) is 69.0 cm³/mol. The number of nitrogens with zero attached hydrogens (tertiary/aromatic N) is 1. The Balaban J connectivity index is 2.32. The Morgan fingerprint density at radius 2 is 1.35 bits per heavy atom. The molecule has 17 heavy (non-hydrogen) atoms. The van der Waals surface area contributed by atoms with E-state index in [4.69, 9.17) is 0 Å². The molecule has 0 saturated carbocycles. The molecule has 0 heterocycles. The van der Waals surface area contributed by atoms with Crippen molar-refractivity contribution in [3.63, 3.8) is 0 Å². The summed E-state index contributed by atoms with van der Waals surface area (Å²) >= 11 is 0. The number of nitroso groups, excluding NO2 is 1. The molecule has 0 saturated heterocycles. The van der Waals surface area contributed by atoms with Crippen LogP contribution in [0, 0.1) is 18.8 Å². The van der Waals surface area contributed by atoms with Crippen LogP contribution in [0.15, 0.2) is 41.6 Å². The van der Waals surface area contributed by atoms with E-state index in [1.807, 2.05) is 13.8 Å². The van der Waals surface area contributed by atoms with Crippen LogP contribution in [-0.2, 0) is 0 Å². The van der Waals surface area contributed by atoms with Crippen molar-refractivity contribution in [3.8, 4) is 11.1 Å². The SMILES string of the molecule is Cc1ccc2c(c1)C(N=O)c1cc(C)ccc1-2. The second-order valence-corrected chi connectivity index (χ2v) is 4.69. The highest BCUT2D eigenvalue weighted by Gasteiger charge is 2.29. The van der Waals surface area contributed by atoms with E-state index >= 15 is 0 Å². The van der Waals surface area contributed by atoms with Gasteiger partial charge < -0.3 is 0 Å². The van der Waals surface area contributed by atoms with E-state index in [1.165, 1.54) is 11.1 Å². The highest BCUT2D eigenvalue weighted by molar-refractivity contribution is 5.79. The number of hydrogen-bond donors (Lipinski definition) is 0. The van der Waals surface area contributed by atoms with E-state index < -0.39 is 0 Å². The molecule has 0 fully saturated rings. The lowest BCUT2D eigenvalue weighted by molar-refractivity contribution is 0.888. The normalized spacial score (nSPS) is 13.3. The van der Waals surface area contributed by atoms with Crippen LogP contribution in [0.4, 0.5) is 0 Å². The first-order chi connectivity index (χ1) is 8.20. The van der Waals surface area contributed by atoms with Crippen molar-refractivity contribution in [3.05, 3.63) is 63.6 Å². The molecule has 0 amide bonds. The second-order valence-electron chi connectivity index (χ2n) is 4.69. The molecule has 2 heteroatoms. The average Bonchev–Trinajstić information content (AvgIpc) is 2.60. The number of hydrogen-bond acceptors (Lipinski definition) is 2. The summed E-state index contributed by atoms with van der Waals surface area (Å²) in [4.78, 5) is 11.1. The molecular formula is C15H13NO. The van der Waals surface area contributed by atoms with Crippen molar-refractivity contribution >= 4 is 0 Å². The van der Waals surface area contributed by atoms with Gasteiger partial charge in [-0.2, -0.15) is 0 Å². The Morgan fingerprint density at radius 3 is 1.76 bits per heavy atom. The minimum atomic E-state index is -0.334. The number of fused-ring (bicyclic) bond motifs is 3. The quantitative estimate of drug-likeness (QED) is 0.668. The third-order valence-electron chi connectivity index (χ3n) is 3.40. The summed E-state index contributed by atoms with van der Waals surface area (Å²) in [6.45, 7) is 4.08. The maximum atomic E-state index is 11.1. The van der Waals surface area contributed by atoms with Crippen molar-refractivity contribution in [2.24, 2.45) is 5.18 Å². The Kier molecular flexibility index (Phi) is 2.11. The molecule has 0 N–H and O–H groups in total. The highest BCUT2D eigenvalue weighted by atomic mass is 16.3. The van der Waals surface area contributed by atoms with Crippen molar-refractivity contribution in [2.75, 3.05) is 0 Å². The summed E-state index contributed by atoms with van der Waals surface area (Å²) in [7, 11) is 0. The van der Waals surface area contributed by atoms with Crippen LogP contribution in [0.1, 0.15) is 28.3 Å². The predicted octanol–water partition coefficient (Wildman–Crippen LogP) is 4.14.